The Balaban J connectivity index is 1.78. The van der Waals surface area contributed by atoms with Crippen LogP contribution in [0.1, 0.15) is 23.0 Å². The number of aryl methyl sites for hydroxylation is 1. The van der Waals surface area contributed by atoms with Crippen molar-refractivity contribution in [1.29, 1.82) is 0 Å². The number of rotatable bonds is 3. The molecule has 1 aromatic heterocycles. The molecule has 7 nitrogen and oxygen atoms in total. The minimum Gasteiger partial charge on any atom is -0.449 e. The molecule has 1 aliphatic rings. The highest BCUT2D eigenvalue weighted by Gasteiger charge is 2.32. The SMILES string of the molecule is Cc1c(C(=O)O[C@H](C)C(=O)N2CCNC2=O)oc2ccc(Cl)cc12. The summed E-state index contributed by atoms with van der Waals surface area (Å²) in [6.07, 6.45) is -1.10. The normalized spacial score (nSPS) is 15.5. The summed E-state index contributed by atoms with van der Waals surface area (Å²) < 4.78 is 10.7. The predicted octanol–water partition coefficient (Wildman–Crippen LogP) is 2.49. The van der Waals surface area contributed by atoms with E-state index in [1.165, 1.54) is 6.92 Å². The van der Waals surface area contributed by atoms with Crippen LogP contribution in [0.15, 0.2) is 22.6 Å². The van der Waals surface area contributed by atoms with Crippen molar-refractivity contribution in [1.82, 2.24) is 10.2 Å². The lowest BCUT2D eigenvalue weighted by atomic mass is 10.1. The molecule has 0 bridgehead atoms. The Labute approximate surface area is 142 Å². The number of carbonyl (C=O) groups is 3. The van der Waals surface area contributed by atoms with Gasteiger partial charge in [-0.1, -0.05) is 11.6 Å². The fraction of sp³-hybridized carbons (Fsp3) is 0.312. The molecule has 8 heteroatoms. The largest absolute Gasteiger partial charge is 0.449 e. The van der Waals surface area contributed by atoms with Crippen molar-refractivity contribution in [2.75, 3.05) is 13.1 Å². The molecule has 3 amide bonds. The van der Waals surface area contributed by atoms with E-state index >= 15 is 0 Å². The van der Waals surface area contributed by atoms with Crippen LogP contribution in [0.4, 0.5) is 4.79 Å². The Morgan fingerprint density at radius 3 is 2.83 bits per heavy atom. The summed E-state index contributed by atoms with van der Waals surface area (Å²) in [6.45, 7) is 3.76. The van der Waals surface area contributed by atoms with Gasteiger partial charge in [0, 0.05) is 29.1 Å². The molecule has 2 heterocycles. The van der Waals surface area contributed by atoms with Crippen LogP contribution in [-0.2, 0) is 9.53 Å². The second-order valence-electron chi connectivity index (χ2n) is 5.47. The van der Waals surface area contributed by atoms with E-state index in [1.807, 2.05) is 0 Å². The van der Waals surface area contributed by atoms with E-state index in [2.05, 4.69) is 5.32 Å². The van der Waals surface area contributed by atoms with Gasteiger partial charge in [0.05, 0.1) is 0 Å². The van der Waals surface area contributed by atoms with E-state index in [1.54, 1.807) is 25.1 Å². The number of ether oxygens (including phenoxy) is 1. The van der Waals surface area contributed by atoms with Crippen LogP contribution in [0.3, 0.4) is 0 Å². The highest BCUT2D eigenvalue weighted by molar-refractivity contribution is 6.31. The molecule has 1 saturated heterocycles. The van der Waals surface area contributed by atoms with Gasteiger partial charge in [-0.25, -0.2) is 9.59 Å². The van der Waals surface area contributed by atoms with Gasteiger partial charge < -0.3 is 14.5 Å². The number of urea groups is 1. The lowest BCUT2D eigenvalue weighted by Crippen LogP contribution is -2.41. The summed E-state index contributed by atoms with van der Waals surface area (Å²) in [5, 5.41) is 3.74. The summed E-state index contributed by atoms with van der Waals surface area (Å²) >= 11 is 5.95. The predicted molar refractivity (Wildman–Crippen MR) is 86.0 cm³/mol. The van der Waals surface area contributed by atoms with Crippen molar-refractivity contribution in [2.45, 2.75) is 20.0 Å². The van der Waals surface area contributed by atoms with E-state index in [9.17, 15) is 14.4 Å². The summed E-state index contributed by atoms with van der Waals surface area (Å²) in [4.78, 5) is 37.0. The summed E-state index contributed by atoms with van der Waals surface area (Å²) in [6, 6.07) is 4.51. The van der Waals surface area contributed by atoms with Crippen LogP contribution in [0.5, 0.6) is 0 Å². The van der Waals surface area contributed by atoms with Crippen molar-refractivity contribution in [3.05, 3.63) is 34.5 Å². The number of nitrogens with zero attached hydrogens (tertiary/aromatic N) is 1. The van der Waals surface area contributed by atoms with Crippen molar-refractivity contribution in [3.63, 3.8) is 0 Å². The Kier molecular flexibility index (Phi) is 4.19. The number of benzene rings is 1. The van der Waals surface area contributed by atoms with Crippen LogP contribution >= 0.6 is 11.6 Å². The van der Waals surface area contributed by atoms with Crippen LogP contribution in [0, 0.1) is 6.92 Å². The molecule has 3 rings (SSSR count). The molecule has 0 unspecified atom stereocenters. The van der Waals surface area contributed by atoms with E-state index in [-0.39, 0.29) is 12.3 Å². The second kappa shape index (κ2) is 6.16. The molecular formula is C16H15ClN2O5. The van der Waals surface area contributed by atoms with Gasteiger partial charge in [-0.15, -0.1) is 0 Å². The van der Waals surface area contributed by atoms with Crippen molar-refractivity contribution < 1.29 is 23.5 Å². The molecule has 2 aromatic rings. The van der Waals surface area contributed by atoms with Crippen molar-refractivity contribution in [3.8, 4) is 0 Å². The zero-order valence-electron chi connectivity index (χ0n) is 13.1. The number of fused-ring (bicyclic) bond motifs is 1. The zero-order valence-corrected chi connectivity index (χ0v) is 13.8. The number of furan rings is 1. The topological polar surface area (TPSA) is 88.9 Å². The number of hydrogen-bond acceptors (Lipinski definition) is 5. The lowest BCUT2D eigenvalue weighted by Gasteiger charge is -2.17. The number of imide groups is 1. The van der Waals surface area contributed by atoms with E-state index in [4.69, 9.17) is 20.8 Å². The third-order valence-electron chi connectivity index (χ3n) is 3.84. The number of nitrogens with one attached hydrogen (secondary N) is 1. The Bertz CT molecular complexity index is 844. The average molecular weight is 351 g/mol. The molecule has 0 aliphatic carbocycles. The smallest absolute Gasteiger partial charge is 0.375 e. The van der Waals surface area contributed by atoms with Crippen LogP contribution in [0.2, 0.25) is 5.02 Å². The van der Waals surface area contributed by atoms with Crippen molar-refractivity contribution >= 4 is 40.5 Å². The highest BCUT2D eigenvalue weighted by Crippen LogP contribution is 2.28. The first-order chi connectivity index (χ1) is 11.4. The first-order valence-electron chi connectivity index (χ1n) is 7.37. The molecule has 1 aromatic carbocycles. The van der Waals surface area contributed by atoms with Gasteiger partial charge in [-0.3, -0.25) is 9.69 Å². The molecular weight excluding hydrogens is 336 g/mol. The Hall–Kier alpha value is -2.54. The van der Waals surface area contributed by atoms with E-state index in [0.717, 1.165) is 4.90 Å². The monoisotopic (exact) mass is 350 g/mol. The minimum atomic E-state index is -1.10. The van der Waals surface area contributed by atoms with Gasteiger partial charge in [-0.2, -0.15) is 0 Å². The molecule has 1 aliphatic heterocycles. The fourth-order valence-electron chi connectivity index (χ4n) is 2.55. The number of hydrogen-bond donors (Lipinski definition) is 1. The fourth-order valence-corrected chi connectivity index (χ4v) is 2.73. The van der Waals surface area contributed by atoms with Gasteiger partial charge >= 0.3 is 12.0 Å². The van der Waals surface area contributed by atoms with Crippen LogP contribution in [0.25, 0.3) is 11.0 Å². The Morgan fingerprint density at radius 1 is 1.42 bits per heavy atom. The maximum Gasteiger partial charge on any atom is 0.375 e. The molecule has 0 saturated carbocycles. The van der Waals surface area contributed by atoms with Gasteiger partial charge in [0.25, 0.3) is 5.91 Å². The molecule has 0 radical (unpaired) electrons. The minimum absolute atomic E-state index is 0.0118. The average Bonchev–Trinajstić information content (AvgIpc) is 3.10. The van der Waals surface area contributed by atoms with Crippen molar-refractivity contribution in [2.24, 2.45) is 0 Å². The van der Waals surface area contributed by atoms with Gasteiger partial charge in [0.15, 0.2) is 6.10 Å². The van der Waals surface area contributed by atoms with Crippen LogP contribution < -0.4 is 5.32 Å². The quantitative estimate of drug-likeness (QED) is 0.859. The summed E-state index contributed by atoms with van der Waals surface area (Å²) in [5.41, 5.74) is 1.08. The number of esters is 1. The third-order valence-corrected chi connectivity index (χ3v) is 4.07. The van der Waals surface area contributed by atoms with Crippen LogP contribution in [-0.4, -0.2) is 42.0 Å². The second-order valence-corrected chi connectivity index (χ2v) is 5.90. The Morgan fingerprint density at radius 2 is 2.17 bits per heavy atom. The first-order valence-corrected chi connectivity index (χ1v) is 7.75. The van der Waals surface area contributed by atoms with Gasteiger partial charge in [0.2, 0.25) is 5.76 Å². The maximum absolute atomic E-state index is 12.3. The highest BCUT2D eigenvalue weighted by atomic mass is 35.5. The molecule has 1 atom stereocenters. The number of halogens is 1. The lowest BCUT2D eigenvalue weighted by molar-refractivity contribution is -0.136. The number of amides is 3. The first kappa shape index (κ1) is 16.3. The molecule has 1 N–H and O–H groups in total. The third kappa shape index (κ3) is 2.82. The molecule has 126 valence electrons. The summed E-state index contributed by atoms with van der Waals surface area (Å²) in [5.74, 6) is -1.33. The molecule has 24 heavy (non-hydrogen) atoms. The summed E-state index contributed by atoms with van der Waals surface area (Å²) in [7, 11) is 0. The maximum atomic E-state index is 12.3. The molecule has 1 fully saturated rings. The van der Waals surface area contributed by atoms with E-state index < -0.39 is 24.0 Å². The molecule has 0 spiro atoms. The number of carbonyl (C=O) groups excluding carboxylic acids is 3. The van der Waals surface area contributed by atoms with Gasteiger partial charge in [-0.05, 0) is 32.0 Å². The van der Waals surface area contributed by atoms with Gasteiger partial charge in [0.1, 0.15) is 5.58 Å². The van der Waals surface area contributed by atoms with E-state index in [0.29, 0.717) is 28.1 Å². The standard InChI is InChI=1S/C16H15ClN2O5/c1-8-11-7-10(17)3-4-12(11)24-13(8)15(21)23-9(2)14(20)19-6-5-18-16(19)22/h3-4,7,9H,5-6H2,1-2H3,(H,18,22)/t9-/m1/s1. The zero-order chi connectivity index (χ0) is 17.4.